The van der Waals surface area contributed by atoms with Crippen molar-refractivity contribution in [2.24, 2.45) is 0 Å². The quantitative estimate of drug-likeness (QED) is 0.792. The number of carbonyl (C=O) groups is 2. The second-order valence-corrected chi connectivity index (χ2v) is 4.91. The number of rotatable bonds is 4. The summed E-state index contributed by atoms with van der Waals surface area (Å²) in [6.45, 7) is 2.46. The highest BCUT2D eigenvalue weighted by molar-refractivity contribution is 5.87. The van der Waals surface area contributed by atoms with Crippen molar-refractivity contribution in [1.82, 2.24) is 4.90 Å². The highest BCUT2D eigenvalue weighted by Gasteiger charge is 2.27. The summed E-state index contributed by atoms with van der Waals surface area (Å²) in [7, 11) is 0. The Bertz CT molecular complexity index is 496. The molecule has 20 heavy (non-hydrogen) atoms. The number of amides is 1. The van der Waals surface area contributed by atoms with Crippen LogP contribution >= 0.6 is 0 Å². The molecule has 1 aliphatic rings. The van der Waals surface area contributed by atoms with Crippen LogP contribution in [0.15, 0.2) is 42.5 Å². The number of hydrogen-bond acceptors (Lipinski definition) is 3. The fraction of sp³-hybridized carbons (Fsp3) is 0.375. The van der Waals surface area contributed by atoms with Crippen molar-refractivity contribution < 1.29 is 14.3 Å². The number of likely N-dealkylation sites (tertiary alicyclic amines) is 1. The van der Waals surface area contributed by atoms with Gasteiger partial charge >= 0.3 is 6.09 Å². The number of ketones is 1. The van der Waals surface area contributed by atoms with Crippen molar-refractivity contribution in [1.29, 1.82) is 0 Å². The smallest absolute Gasteiger partial charge is 0.410 e. The maximum atomic E-state index is 12.1. The van der Waals surface area contributed by atoms with Gasteiger partial charge in [-0.05, 0) is 31.4 Å². The van der Waals surface area contributed by atoms with Gasteiger partial charge in [-0.1, -0.05) is 36.4 Å². The molecular weight excluding hydrogens is 254 g/mol. The van der Waals surface area contributed by atoms with Gasteiger partial charge in [0.05, 0.1) is 6.04 Å². The number of allylic oxidation sites excluding steroid dienone is 1. The Morgan fingerprint density at radius 1 is 1.35 bits per heavy atom. The largest absolute Gasteiger partial charge is 0.445 e. The zero-order valence-electron chi connectivity index (χ0n) is 11.6. The number of carbonyl (C=O) groups excluding carboxylic acids is 2. The summed E-state index contributed by atoms with van der Waals surface area (Å²) in [6, 6.07) is 9.57. The van der Waals surface area contributed by atoms with Gasteiger partial charge in [0.15, 0.2) is 5.78 Å². The molecule has 1 saturated heterocycles. The van der Waals surface area contributed by atoms with Crippen LogP contribution in [-0.4, -0.2) is 29.4 Å². The molecule has 0 aromatic heterocycles. The van der Waals surface area contributed by atoms with E-state index in [1.165, 1.54) is 13.0 Å². The molecule has 0 spiro atoms. The van der Waals surface area contributed by atoms with Crippen LogP contribution in [0, 0.1) is 0 Å². The number of nitrogens with zero attached hydrogens (tertiary/aromatic N) is 1. The van der Waals surface area contributed by atoms with E-state index in [0.717, 1.165) is 18.4 Å². The van der Waals surface area contributed by atoms with E-state index in [-0.39, 0.29) is 24.5 Å². The molecule has 4 nitrogen and oxygen atoms in total. The van der Waals surface area contributed by atoms with E-state index in [1.807, 2.05) is 30.3 Å². The molecule has 1 aliphatic heterocycles. The Balaban J connectivity index is 1.89. The Hall–Kier alpha value is -2.10. The molecule has 106 valence electrons. The fourth-order valence-corrected chi connectivity index (χ4v) is 2.27. The van der Waals surface area contributed by atoms with Gasteiger partial charge in [-0.3, -0.25) is 4.79 Å². The summed E-state index contributed by atoms with van der Waals surface area (Å²) >= 11 is 0. The molecule has 1 aromatic rings. The average molecular weight is 273 g/mol. The first-order chi connectivity index (χ1) is 9.66. The lowest BCUT2D eigenvalue weighted by atomic mass is 10.2. The van der Waals surface area contributed by atoms with E-state index in [9.17, 15) is 9.59 Å². The summed E-state index contributed by atoms with van der Waals surface area (Å²) in [5, 5.41) is 0. The fourth-order valence-electron chi connectivity index (χ4n) is 2.27. The number of hydrogen-bond donors (Lipinski definition) is 0. The average Bonchev–Trinajstić information content (AvgIpc) is 2.92. The zero-order chi connectivity index (χ0) is 14.4. The van der Waals surface area contributed by atoms with Crippen LogP contribution in [0.2, 0.25) is 0 Å². The molecule has 2 rings (SSSR count). The standard InChI is InChI=1S/C16H19NO3/c1-13(18)9-10-15-8-5-11-17(15)16(19)20-12-14-6-3-2-4-7-14/h2-4,6-7,9-10,15H,5,8,11-12H2,1H3. The van der Waals surface area contributed by atoms with Crippen molar-refractivity contribution >= 4 is 11.9 Å². The van der Waals surface area contributed by atoms with Gasteiger partial charge in [-0.25, -0.2) is 4.79 Å². The Kier molecular flexibility index (Phi) is 4.93. The minimum Gasteiger partial charge on any atom is -0.445 e. The van der Waals surface area contributed by atoms with Crippen LogP contribution in [0.5, 0.6) is 0 Å². The minimum absolute atomic E-state index is 0.00509. The van der Waals surface area contributed by atoms with Crippen molar-refractivity contribution in [2.45, 2.75) is 32.4 Å². The molecule has 0 N–H and O–H groups in total. The molecule has 1 unspecified atom stereocenters. The predicted molar refractivity (Wildman–Crippen MR) is 76.2 cm³/mol. The first-order valence-corrected chi connectivity index (χ1v) is 6.83. The first kappa shape index (κ1) is 14.3. The minimum atomic E-state index is -0.315. The second kappa shape index (κ2) is 6.89. The van der Waals surface area contributed by atoms with E-state index >= 15 is 0 Å². The maximum absolute atomic E-state index is 12.1. The topological polar surface area (TPSA) is 46.6 Å². The van der Waals surface area contributed by atoms with Crippen LogP contribution in [0.25, 0.3) is 0 Å². The third kappa shape index (κ3) is 3.95. The lowest BCUT2D eigenvalue weighted by Gasteiger charge is -2.21. The van der Waals surface area contributed by atoms with Gasteiger partial charge in [0.1, 0.15) is 6.61 Å². The SMILES string of the molecule is CC(=O)C=CC1CCCN1C(=O)OCc1ccccc1. The molecule has 1 aromatic carbocycles. The molecule has 0 bridgehead atoms. The van der Waals surface area contributed by atoms with Crippen LogP contribution in [0.3, 0.4) is 0 Å². The van der Waals surface area contributed by atoms with Crippen LogP contribution in [0.1, 0.15) is 25.3 Å². The first-order valence-electron chi connectivity index (χ1n) is 6.83. The highest BCUT2D eigenvalue weighted by atomic mass is 16.6. The van der Waals surface area contributed by atoms with Gasteiger partial charge in [0, 0.05) is 6.54 Å². The van der Waals surface area contributed by atoms with Gasteiger partial charge in [0.25, 0.3) is 0 Å². The molecule has 4 heteroatoms. The lowest BCUT2D eigenvalue weighted by Crippen LogP contribution is -2.34. The predicted octanol–water partition coefficient (Wildman–Crippen LogP) is 2.93. The Morgan fingerprint density at radius 2 is 2.10 bits per heavy atom. The van der Waals surface area contributed by atoms with Crippen molar-refractivity contribution in [3.05, 3.63) is 48.0 Å². The third-order valence-electron chi connectivity index (χ3n) is 3.29. The van der Waals surface area contributed by atoms with Crippen LogP contribution in [-0.2, 0) is 16.1 Å². The normalized spacial score (nSPS) is 18.4. The molecule has 0 saturated carbocycles. The molecule has 0 aliphatic carbocycles. The Labute approximate surface area is 119 Å². The van der Waals surface area contributed by atoms with Crippen LogP contribution in [0.4, 0.5) is 4.79 Å². The summed E-state index contributed by atoms with van der Waals surface area (Å²) in [6.07, 6.45) is 4.81. The maximum Gasteiger partial charge on any atom is 0.410 e. The van der Waals surface area contributed by atoms with E-state index in [2.05, 4.69) is 0 Å². The summed E-state index contributed by atoms with van der Waals surface area (Å²) < 4.78 is 5.32. The molecular formula is C16H19NO3. The third-order valence-corrected chi connectivity index (χ3v) is 3.29. The summed E-state index contributed by atoms with van der Waals surface area (Å²) in [5.41, 5.74) is 0.968. The lowest BCUT2D eigenvalue weighted by molar-refractivity contribution is -0.112. The van der Waals surface area contributed by atoms with Gasteiger partial charge in [-0.15, -0.1) is 0 Å². The molecule has 1 heterocycles. The summed E-state index contributed by atoms with van der Waals surface area (Å²) in [4.78, 5) is 24.7. The van der Waals surface area contributed by atoms with Gasteiger partial charge < -0.3 is 9.64 Å². The Morgan fingerprint density at radius 3 is 2.80 bits per heavy atom. The molecule has 1 atom stereocenters. The van der Waals surface area contributed by atoms with Crippen molar-refractivity contribution in [3.8, 4) is 0 Å². The second-order valence-electron chi connectivity index (χ2n) is 4.91. The van der Waals surface area contributed by atoms with Crippen molar-refractivity contribution in [2.75, 3.05) is 6.54 Å². The summed E-state index contributed by atoms with van der Waals surface area (Å²) in [5.74, 6) is -0.00509. The van der Waals surface area contributed by atoms with Gasteiger partial charge in [-0.2, -0.15) is 0 Å². The molecule has 1 amide bonds. The molecule has 1 fully saturated rings. The monoisotopic (exact) mass is 273 g/mol. The van der Waals surface area contributed by atoms with E-state index in [4.69, 9.17) is 4.74 Å². The molecule has 0 radical (unpaired) electrons. The van der Waals surface area contributed by atoms with Crippen LogP contribution < -0.4 is 0 Å². The number of benzene rings is 1. The van der Waals surface area contributed by atoms with Gasteiger partial charge in [0.2, 0.25) is 0 Å². The van der Waals surface area contributed by atoms with E-state index < -0.39 is 0 Å². The van der Waals surface area contributed by atoms with Crippen molar-refractivity contribution in [3.63, 3.8) is 0 Å². The van der Waals surface area contributed by atoms with E-state index in [0.29, 0.717) is 6.54 Å². The number of ether oxygens (including phenoxy) is 1. The zero-order valence-corrected chi connectivity index (χ0v) is 11.6. The highest BCUT2D eigenvalue weighted by Crippen LogP contribution is 2.19. The van der Waals surface area contributed by atoms with E-state index in [1.54, 1.807) is 11.0 Å².